The fourth-order valence-corrected chi connectivity index (χ4v) is 3.22. The highest BCUT2D eigenvalue weighted by Crippen LogP contribution is 2.27. The van der Waals surface area contributed by atoms with E-state index in [0.29, 0.717) is 28.4 Å². The van der Waals surface area contributed by atoms with Crippen LogP contribution in [0.5, 0.6) is 0 Å². The van der Waals surface area contributed by atoms with E-state index in [9.17, 15) is 9.59 Å². The van der Waals surface area contributed by atoms with E-state index >= 15 is 0 Å². The molecule has 2 aromatic rings. The Morgan fingerprint density at radius 3 is 2.64 bits per heavy atom. The van der Waals surface area contributed by atoms with Crippen molar-refractivity contribution >= 4 is 27.5 Å². The van der Waals surface area contributed by atoms with Crippen LogP contribution in [0.15, 0.2) is 4.79 Å². The molecule has 0 aromatic carbocycles. The fourth-order valence-electron chi connectivity index (χ4n) is 2.18. The molecule has 0 saturated carbocycles. The Hall–Kier alpha value is -1.69. The molecule has 2 aromatic heterocycles. The molecule has 5 nitrogen and oxygen atoms in total. The maximum absolute atomic E-state index is 12.2. The standard InChI is InChI=1S/C16H22N2O3S/c1-8(2)6-7-12(19)21-10(4)14-17-15(20)13-9(3)11(5)22-16(13)18-14/h8,10H,6-7H2,1-5H3,(H,17,18,20)/t10-/m0/s1. The molecule has 2 heterocycles. The number of hydrogen-bond acceptors (Lipinski definition) is 5. The van der Waals surface area contributed by atoms with Crippen LogP contribution in [0.1, 0.15) is 56.0 Å². The number of aromatic nitrogens is 2. The second-order valence-electron chi connectivity index (χ2n) is 5.98. The van der Waals surface area contributed by atoms with Crippen molar-refractivity contribution in [2.75, 3.05) is 0 Å². The zero-order valence-electron chi connectivity index (χ0n) is 13.6. The number of hydrogen-bond donors (Lipinski definition) is 1. The van der Waals surface area contributed by atoms with Crippen LogP contribution in [0.25, 0.3) is 10.2 Å². The summed E-state index contributed by atoms with van der Waals surface area (Å²) in [6.07, 6.45) is 0.614. The predicted molar refractivity (Wildman–Crippen MR) is 88.3 cm³/mol. The van der Waals surface area contributed by atoms with Crippen LogP contribution in [0, 0.1) is 19.8 Å². The third-order valence-corrected chi connectivity index (χ3v) is 4.78. The Labute approximate surface area is 133 Å². The second-order valence-corrected chi connectivity index (χ2v) is 7.18. The lowest BCUT2D eigenvalue weighted by Gasteiger charge is -2.13. The van der Waals surface area contributed by atoms with E-state index in [0.717, 1.165) is 16.9 Å². The average Bonchev–Trinajstić information content (AvgIpc) is 2.72. The van der Waals surface area contributed by atoms with Gasteiger partial charge in [0.1, 0.15) is 4.83 Å². The Morgan fingerprint density at radius 1 is 1.32 bits per heavy atom. The number of aromatic amines is 1. The number of esters is 1. The highest BCUT2D eigenvalue weighted by Gasteiger charge is 2.18. The van der Waals surface area contributed by atoms with Crippen molar-refractivity contribution in [1.82, 2.24) is 9.97 Å². The summed E-state index contributed by atoms with van der Waals surface area (Å²) in [5.41, 5.74) is 0.786. The quantitative estimate of drug-likeness (QED) is 0.853. The van der Waals surface area contributed by atoms with Crippen molar-refractivity contribution < 1.29 is 9.53 Å². The van der Waals surface area contributed by atoms with Gasteiger partial charge in [-0.15, -0.1) is 11.3 Å². The molecule has 0 radical (unpaired) electrons. The zero-order valence-corrected chi connectivity index (χ0v) is 14.5. The van der Waals surface area contributed by atoms with Gasteiger partial charge in [-0.2, -0.15) is 0 Å². The largest absolute Gasteiger partial charge is 0.454 e. The molecular weight excluding hydrogens is 300 g/mol. The first-order chi connectivity index (χ1) is 10.3. The van der Waals surface area contributed by atoms with Crippen molar-refractivity contribution in [3.8, 4) is 0 Å². The van der Waals surface area contributed by atoms with Crippen LogP contribution in [0.2, 0.25) is 0 Å². The molecular formula is C16H22N2O3S. The van der Waals surface area contributed by atoms with Gasteiger partial charge in [-0.1, -0.05) is 13.8 Å². The van der Waals surface area contributed by atoms with Crippen LogP contribution in [0.4, 0.5) is 0 Å². The molecule has 1 N–H and O–H groups in total. The van der Waals surface area contributed by atoms with Crippen molar-refractivity contribution in [2.24, 2.45) is 5.92 Å². The van der Waals surface area contributed by atoms with Crippen LogP contribution >= 0.6 is 11.3 Å². The van der Waals surface area contributed by atoms with Crippen molar-refractivity contribution in [2.45, 2.75) is 53.6 Å². The monoisotopic (exact) mass is 322 g/mol. The lowest BCUT2D eigenvalue weighted by Crippen LogP contribution is -2.17. The Balaban J connectivity index is 2.20. The molecule has 0 aliphatic carbocycles. The highest BCUT2D eigenvalue weighted by molar-refractivity contribution is 7.18. The lowest BCUT2D eigenvalue weighted by atomic mass is 10.1. The van der Waals surface area contributed by atoms with Gasteiger partial charge in [-0.25, -0.2) is 4.98 Å². The third kappa shape index (κ3) is 3.55. The molecule has 2 rings (SSSR count). The molecule has 0 saturated heterocycles. The van der Waals surface area contributed by atoms with E-state index < -0.39 is 6.10 Å². The molecule has 0 bridgehead atoms. The number of nitrogens with one attached hydrogen (secondary N) is 1. The van der Waals surface area contributed by atoms with E-state index in [1.807, 2.05) is 13.8 Å². The van der Waals surface area contributed by atoms with Gasteiger partial charge < -0.3 is 9.72 Å². The average molecular weight is 322 g/mol. The molecule has 0 spiro atoms. The van der Waals surface area contributed by atoms with Gasteiger partial charge in [0.25, 0.3) is 5.56 Å². The Bertz CT molecular complexity index is 746. The molecule has 22 heavy (non-hydrogen) atoms. The summed E-state index contributed by atoms with van der Waals surface area (Å²) >= 11 is 1.49. The van der Waals surface area contributed by atoms with E-state index in [2.05, 4.69) is 23.8 Å². The topological polar surface area (TPSA) is 72.0 Å². The summed E-state index contributed by atoms with van der Waals surface area (Å²) in [6, 6.07) is 0. The minimum absolute atomic E-state index is 0.174. The molecule has 0 fully saturated rings. The van der Waals surface area contributed by atoms with Gasteiger partial charge in [0, 0.05) is 11.3 Å². The second kappa shape index (κ2) is 6.60. The number of aryl methyl sites for hydroxylation is 2. The van der Waals surface area contributed by atoms with Crippen LogP contribution in [0.3, 0.4) is 0 Å². The summed E-state index contributed by atoms with van der Waals surface area (Å²) in [5.74, 6) is 0.591. The molecule has 6 heteroatoms. The normalized spacial score (nSPS) is 12.8. The van der Waals surface area contributed by atoms with E-state index in [4.69, 9.17) is 4.74 Å². The first-order valence-electron chi connectivity index (χ1n) is 7.49. The fraction of sp³-hybridized carbons (Fsp3) is 0.562. The van der Waals surface area contributed by atoms with Crippen molar-refractivity contribution in [3.05, 3.63) is 26.6 Å². The third-order valence-electron chi connectivity index (χ3n) is 3.68. The van der Waals surface area contributed by atoms with E-state index in [1.165, 1.54) is 11.3 Å². The zero-order chi connectivity index (χ0) is 16.4. The van der Waals surface area contributed by atoms with Gasteiger partial charge in [0.15, 0.2) is 11.9 Å². The maximum atomic E-state index is 12.2. The SMILES string of the molecule is Cc1sc2nc([C@H](C)OC(=O)CCC(C)C)[nH]c(=O)c2c1C. The Kier molecular flexibility index (Phi) is 5.01. The number of nitrogens with zero attached hydrogens (tertiary/aromatic N) is 1. The van der Waals surface area contributed by atoms with Gasteiger partial charge in [-0.05, 0) is 38.7 Å². The minimum atomic E-state index is -0.556. The van der Waals surface area contributed by atoms with Crippen molar-refractivity contribution in [1.29, 1.82) is 0 Å². The minimum Gasteiger partial charge on any atom is -0.454 e. The van der Waals surface area contributed by atoms with Gasteiger partial charge in [0.2, 0.25) is 0 Å². The molecule has 0 unspecified atom stereocenters. The summed E-state index contributed by atoms with van der Waals surface area (Å²) in [5, 5.41) is 0.629. The molecule has 0 aliphatic heterocycles. The molecule has 0 aliphatic rings. The van der Waals surface area contributed by atoms with Crippen LogP contribution in [-0.4, -0.2) is 15.9 Å². The van der Waals surface area contributed by atoms with Crippen molar-refractivity contribution in [3.63, 3.8) is 0 Å². The summed E-state index contributed by atoms with van der Waals surface area (Å²) in [4.78, 5) is 33.0. The number of ether oxygens (including phenoxy) is 1. The number of H-pyrrole nitrogens is 1. The smallest absolute Gasteiger partial charge is 0.306 e. The summed E-state index contributed by atoms with van der Waals surface area (Å²) < 4.78 is 5.36. The number of fused-ring (bicyclic) bond motifs is 1. The van der Waals surface area contributed by atoms with Crippen LogP contribution < -0.4 is 5.56 Å². The highest BCUT2D eigenvalue weighted by atomic mass is 32.1. The van der Waals surface area contributed by atoms with Gasteiger partial charge in [0.05, 0.1) is 5.39 Å². The maximum Gasteiger partial charge on any atom is 0.306 e. The van der Waals surface area contributed by atoms with E-state index in [-0.39, 0.29) is 11.5 Å². The Morgan fingerprint density at radius 2 is 2.00 bits per heavy atom. The number of rotatable bonds is 5. The summed E-state index contributed by atoms with van der Waals surface area (Å²) in [7, 11) is 0. The molecule has 0 amide bonds. The lowest BCUT2D eigenvalue weighted by molar-refractivity contribution is -0.149. The molecule has 120 valence electrons. The van der Waals surface area contributed by atoms with Gasteiger partial charge >= 0.3 is 5.97 Å². The number of carbonyl (C=O) groups excluding carboxylic acids is 1. The first kappa shape index (κ1) is 16.7. The molecule has 1 atom stereocenters. The van der Waals surface area contributed by atoms with E-state index in [1.54, 1.807) is 6.92 Å². The van der Waals surface area contributed by atoms with Crippen LogP contribution in [-0.2, 0) is 9.53 Å². The predicted octanol–water partition coefficient (Wildman–Crippen LogP) is 3.64. The van der Waals surface area contributed by atoms with Gasteiger partial charge in [-0.3, -0.25) is 9.59 Å². The number of carbonyl (C=O) groups is 1. The summed E-state index contributed by atoms with van der Waals surface area (Å²) in [6.45, 7) is 9.73. The number of thiophene rings is 1. The first-order valence-corrected chi connectivity index (χ1v) is 8.30.